The molecule has 27 heavy (non-hydrogen) atoms. The standard InChI is InChI=1S/C19H28N6O2/c1-14-17(15(2)27-22-14)13-24(4)19(26)21-12-16-5-6-20-18(11-16)25-9-7-23(3)8-10-25/h5-6,11H,7-10,12-13H2,1-4H3,(H,21,26). The average Bonchev–Trinajstić information content (AvgIpc) is 2.99. The molecule has 8 nitrogen and oxygen atoms in total. The Hall–Kier alpha value is -2.61. The Labute approximate surface area is 160 Å². The molecule has 1 aliphatic heterocycles. The largest absolute Gasteiger partial charge is 0.361 e. The van der Waals surface area contributed by atoms with Crippen molar-refractivity contribution in [2.24, 2.45) is 0 Å². The number of hydrogen-bond donors (Lipinski definition) is 1. The number of carbonyl (C=O) groups is 1. The van der Waals surface area contributed by atoms with E-state index >= 15 is 0 Å². The minimum absolute atomic E-state index is 0.132. The summed E-state index contributed by atoms with van der Waals surface area (Å²) in [5.74, 6) is 1.72. The van der Waals surface area contributed by atoms with E-state index in [1.807, 2.05) is 26.1 Å². The van der Waals surface area contributed by atoms with E-state index < -0.39 is 0 Å². The van der Waals surface area contributed by atoms with Crippen LogP contribution in [0.2, 0.25) is 0 Å². The van der Waals surface area contributed by atoms with Gasteiger partial charge in [0, 0.05) is 51.5 Å². The molecule has 0 aromatic carbocycles. The van der Waals surface area contributed by atoms with E-state index in [9.17, 15) is 4.79 Å². The number of nitrogens with one attached hydrogen (secondary N) is 1. The van der Waals surface area contributed by atoms with Crippen LogP contribution < -0.4 is 10.2 Å². The van der Waals surface area contributed by atoms with E-state index in [1.165, 1.54) is 0 Å². The molecular weight excluding hydrogens is 344 g/mol. The van der Waals surface area contributed by atoms with Crippen LogP contribution in [0.15, 0.2) is 22.9 Å². The molecule has 2 amide bonds. The van der Waals surface area contributed by atoms with Gasteiger partial charge < -0.3 is 24.5 Å². The van der Waals surface area contributed by atoms with Crippen LogP contribution in [0.5, 0.6) is 0 Å². The normalized spacial score (nSPS) is 15.0. The van der Waals surface area contributed by atoms with Crippen molar-refractivity contribution >= 4 is 11.8 Å². The van der Waals surface area contributed by atoms with E-state index in [4.69, 9.17) is 4.52 Å². The van der Waals surface area contributed by atoms with Crippen LogP contribution in [0, 0.1) is 13.8 Å². The number of carbonyl (C=O) groups excluding carboxylic acids is 1. The molecule has 0 aliphatic carbocycles. The van der Waals surface area contributed by atoms with Gasteiger partial charge in [-0.05, 0) is 38.6 Å². The fourth-order valence-electron chi connectivity index (χ4n) is 3.13. The van der Waals surface area contributed by atoms with E-state index in [-0.39, 0.29) is 6.03 Å². The second-order valence-corrected chi connectivity index (χ2v) is 7.13. The van der Waals surface area contributed by atoms with Crippen LogP contribution in [0.3, 0.4) is 0 Å². The molecular formula is C19H28N6O2. The number of hydrogen-bond acceptors (Lipinski definition) is 6. The molecule has 3 heterocycles. The van der Waals surface area contributed by atoms with Gasteiger partial charge >= 0.3 is 6.03 Å². The second kappa shape index (κ2) is 8.39. The molecule has 1 fully saturated rings. The SMILES string of the molecule is Cc1noc(C)c1CN(C)C(=O)NCc1ccnc(N2CCN(C)CC2)c1. The molecule has 2 aromatic rings. The lowest BCUT2D eigenvalue weighted by Crippen LogP contribution is -2.44. The maximum atomic E-state index is 12.4. The van der Waals surface area contributed by atoms with Gasteiger partial charge in [0.25, 0.3) is 0 Å². The fraction of sp³-hybridized carbons (Fsp3) is 0.526. The smallest absolute Gasteiger partial charge is 0.317 e. The number of amides is 2. The number of likely N-dealkylation sites (N-methyl/N-ethyl adjacent to an activating group) is 1. The number of rotatable bonds is 5. The molecule has 0 unspecified atom stereocenters. The molecule has 1 N–H and O–H groups in total. The summed E-state index contributed by atoms with van der Waals surface area (Å²) in [4.78, 5) is 23.1. The quantitative estimate of drug-likeness (QED) is 0.862. The zero-order valence-corrected chi connectivity index (χ0v) is 16.5. The summed E-state index contributed by atoms with van der Waals surface area (Å²) in [5, 5.41) is 6.90. The highest BCUT2D eigenvalue weighted by molar-refractivity contribution is 5.73. The van der Waals surface area contributed by atoms with Gasteiger partial charge in [-0.15, -0.1) is 0 Å². The summed E-state index contributed by atoms with van der Waals surface area (Å²) in [6.07, 6.45) is 1.81. The van der Waals surface area contributed by atoms with Gasteiger partial charge in [0.15, 0.2) is 0 Å². The average molecular weight is 372 g/mol. The topological polar surface area (TPSA) is 77.7 Å². The molecule has 8 heteroatoms. The van der Waals surface area contributed by atoms with Crippen molar-refractivity contribution in [3.05, 3.63) is 40.9 Å². The molecule has 1 saturated heterocycles. The summed E-state index contributed by atoms with van der Waals surface area (Å²) in [5.41, 5.74) is 2.81. The molecule has 0 spiro atoms. The first-order valence-corrected chi connectivity index (χ1v) is 9.23. The molecule has 2 aromatic heterocycles. The third-order valence-corrected chi connectivity index (χ3v) is 5.00. The van der Waals surface area contributed by atoms with Crippen molar-refractivity contribution in [3.8, 4) is 0 Å². The van der Waals surface area contributed by atoms with Gasteiger partial charge in [-0.1, -0.05) is 5.16 Å². The second-order valence-electron chi connectivity index (χ2n) is 7.13. The Morgan fingerprint density at radius 3 is 2.70 bits per heavy atom. The molecule has 0 atom stereocenters. The Kier molecular flexibility index (Phi) is 5.95. The van der Waals surface area contributed by atoms with Crippen LogP contribution in [-0.4, -0.2) is 66.2 Å². The highest BCUT2D eigenvalue weighted by Gasteiger charge is 2.17. The highest BCUT2D eigenvalue weighted by Crippen LogP contribution is 2.16. The predicted octanol–water partition coefficient (Wildman–Crippen LogP) is 1.78. The first kappa shape index (κ1) is 19.2. The van der Waals surface area contributed by atoms with Crippen molar-refractivity contribution in [1.82, 2.24) is 25.3 Å². The lowest BCUT2D eigenvalue weighted by molar-refractivity contribution is 0.206. The minimum atomic E-state index is -0.132. The third-order valence-electron chi connectivity index (χ3n) is 5.00. The maximum Gasteiger partial charge on any atom is 0.317 e. The molecule has 0 radical (unpaired) electrons. The van der Waals surface area contributed by atoms with Gasteiger partial charge in [-0.3, -0.25) is 0 Å². The van der Waals surface area contributed by atoms with Gasteiger partial charge in [0.05, 0.1) is 12.2 Å². The van der Waals surface area contributed by atoms with E-state index in [1.54, 1.807) is 11.9 Å². The summed E-state index contributed by atoms with van der Waals surface area (Å²) in [6.45, 7) is 8.69. The molecule has 0 saturated carbocycles. The fourth-order valence-corrected chi connectivity index (χ4v) is 3.13. The van der Waals surface area contributed by atoms with Crippen LogP contribution in [-0.2, 0) is 13.1 Å². The van der Waals surface area contributed by atoms with E-state index in [0.717, 1.165) is 54.6 Å². The zero-order valence-electron chi connectivity index (χ0n) is 16.5. The van der Waals surface area contributed by atoms with E-state index in [2.05, 4.69) is 38.4 Å². The van der Waals surface area contributed by atoms with Crippen molar-refractivity contribution in [2.75, 3.05) is 45.2 Å². The Balaban J connectivity index is 1.55. The molecule has 146 valence electrons. The maximum absolute atomic E-state index is 12.4. The highest BCUT2D eigenvalue weighted by atomic mass is 16.5. The number of urea groups is 1. The lowest BCUT2D eigenvalue weighted by atomic mass is 10.2. The van der Waals surface area contributed by atoms with Crippen molar-refractivity contribution in [2.45, 2.75) is 26.9 Å². The number of piperazine rings is 1. The predicted molar refractivity (Wildman–Crippen MR) is 104 cm³/mol. The van der Waals surface area contributed by atoms with Gasteiger partial charge in [-0.2, -0.15) is 0 Å². The van der Waals surface area contributed by atoms with Crippen molar-refractivity contribution in [1.29, 1.82) is 0 Å². The first-order chi connectivity index (χ1) is 12.9. The number of anilines is 1. The molecule has 0 bridgehead atoms. The summed E-state index contributed by atoms with van der Waals surface area (Å²) < 4.78 is 5.16. The Morgan fingerprint density at radius 1 is 1.30 bits per heavy atom. The van der Waals surface area contributed by atoms with Crippen LogP contribution in [0.4, 0.5) is 10.6 Å². The summed E-state index contributed by atoms with van der Waals surface area (Å²) in [7, 11) is 3.90. The van der Waals surface area contributed by atoms with Gasteiger partial charge in [-0.25, -0.2) is 9.78 Å². The monoisotopic (exact) mass is 372 g/mol. The number of pyridine rings is 1. The summed E-state index contributed by atoms with van der Waals surface area (Å²) in [6, 6.07) is 3.86. The van der Waals surface area contributed by atoms with Gasteiger partial charge in [0.1, 0.15) is 11.6 Å². The van der Waals surface area contributed by atoms with Crippen molar-refractivity contribution < 1.29 is 9.32 Å². The minimum Gasteiger partial charge on any atom is -0.361 e. The van der Waals surface area contributed by atoms with Crippen molar-refractivity contribution in [3.63, 3.8) is 0 Å². The number of aryl methyl sites for hydroxylation is 2. The first-order valence-electron chi connectivity index (χ1n) is 9.23. The Bertz CT molecular complexity index is 763. The number of aromatic nitrogens is 2. The molecule has 3 rings (SSSR count). The van der Waals surface area contributed by atoms with E-state index in [0.29, 0.717) is 13.1 Å². The van der Waals surface area contributed by atoms with Gasteiger partial charge in [0.2, 0.25) is 0 Å². The van der Waals surface area contributed by atoms with Crippen LogP contribution in [0.25, 0.3) is 0 Å². The zero-order chi connectivity index (χ0) is 19.4. The third kappa shape index (κ3) is 4.77. The summed E-state index contributed by atoms with van der Waals surface area (Å²) >= 11 is 0. The number of nitrogens with zero attached hydrogens (tertiary/aromatic N) is 5. The van der Waals surface area contributed by atoms with Crippen LogP contribution in [0.1, 0.15) is 22.6 Å². The molecule has 1 aliphatic rings. The lowest BCUT2D eigenvalue weighted by Gasteiger charge is -2.33. The Morgan fingerprint density at radius 2 is 2.04 bits per heavy atom. The van der Waals surface area contributed by atoms with Crippen LogP contribution >= 0.6 is 0 Å².